The van der Waals surface area contributed by atoms with Gasteiger partial charge < -0.3 is 9.47 Å². The average molecular weight is 460 g/mol. The van der Waals surface area contributed by atoms with Crippen LogP contribution in [0.2, 0.25) is 0 Å². The van der Waals surface area contributed by atoms with Crippen LogP contribution in [0.5, 0.6) is 0 Å². The largest absolute Gasteiger partial charge is 0.463 e. The zero-order chi connectivity index (χ0) is 22.4. The molecule has 32 heavy (non-hydrogen) atoms. The Hall–Kier alpha value is -1.48. The Morgan fingerprint density at radius 1 is 0.938 bits per heavy atom. The van der Waals surface area contributed by atoms with Gasteiger partial charge in [-0.15, -0.1) is 11.8 Å². The zero-order valence-corrected chi connectivity index (χ0v) is 19.8. The molecule has 7 heteroatoms. The van der Waals surface area contributed by atoms with E-state index in [9.17, 15) is 4.79 Å². The number of ether oxygens (including phenoxy) is 2. The standard InChI is InChI=1S/C25H37N3O3S/c1-2-25(29)31-16-5-3-4-15-30-22-10-8-20(9-11-22)6-7-21-18-27-23(28-19-21)12-13-24-26-14-17-32-24/h2,20-24,26-28H,1,3-5,8-11,14-19H2. The number of carbonyl (C=O) groups excluding carboxylic acids is 1. The summed E-state index contributed by atoms with van der Waals surface area (Å²) < 4.78 is 11.0. The van der Waals surface area contributed by atoms with Gasteiger partial charge in [-0.25, -0.2) is 4.79 Å². The molecule has 2 heterocycles. The number of hydrogen-bond acceptors (Lipinski definition) is 7. The van der Waals surface area contributed by atoms with Gasteiger partial charge in [0.1, 0.15) is 11.5 Å². The summed E-state index contributed by atoms with van der Waals surface area (Å²) in [5, 5.41) is 10.6. The Morgan fingerprint density at radius 2 is 1.69 bits per heavy atom. The fourth-order valence-corrected chi connectivity index (χ4v) is 4.88. The third-order valence-corrected chi connectivity index (χ3v) is 6.99. The molecule has 3 fully saturated rings. The molecular weight excluding hydrogens is 422 g/mol. The van der Waals surface area contributed by atoms with Crippen molar-refractivity contribution in [2.24, 2.45) is 11.8 Å². The lowest BCUT2D eigenvalue weighted by atomic mass is 9.87. The smallest absolute Gasteiger partial charge is 0.330 e. The van der Waals surface area contributed by atoms with Crippen LogP contribution in [-0.2, 0) is 14.3 Å². The second kappa shape index (κ2) is 14.6. The maximum absolute atomic E-state index is 11.0. The summed E-state index contributed by atoms with van der Waals surface area (Å²) in [6.45, 7) is 7.49. The molecule has 3 aliphatic rings. The molecule has 1 atom stereocenters. The Morgan fingerprint density at radius 3 is 2.41 bits per heavy atom. The van der Waals surface area contributed by atoms with Crippen molar-refractivity contribution in [2.45, 2.75) is 62.6 Å². The van der Waals surface area contributed by atoms with Crippen LogP contribution in [-0.4, -0.2) is 62.2 Å². The van der Waals surface area contributed by atoms with E-state index in [0.29, 0.717) is 24.5 Å². The fraction of sp³-hybridized carbons (Fsp3) is 0.720. The summed E-state index contributed by atoms with van der Waals surface area (Å²) in [4.78, 5) is 11.0. The molecule has 0 aromatic heterocycles. The van der Waals surface area contributed by atoms with Crippen molar-refractivity contribution in [2.75, 3.05) is 38.6 Å². The predicted molar refractivity (Wildman–Crippen MR) is 130 cm³/mol. The van der Waals surface area contributed by atoms with Gasteiger partial charge in [0.2, 0.25) is 0 Å². The lowest BCUT2D eigenvalue weighted by molar-refractivity contribution is -0.137. The molecule has 0 radical (unpaired) electrons. The molecule has 0 aromatic rings. The second-order valence-electron chi connectivity index (χ2n) is 8.51. The molecule has 3 N–H and O–H groups in total. The van der Waals surface area contributed by atoms with Crippen LogP contribution >= 0.6 is 11.8 Å². The van der Waals surface area contributed by atoms with Crippen LogP contribution in [0.25, 0.3) is 0 Å². The normalized spacial score (nSPS) is 29.8. The molecule has 0 amide bonds. The van der Waals surface area contributed by atoms with Gasteiger partial charge in [-0.2, -0.15) is 0 Å². The quantitative estimate of drug-likeness (QED) is 0.223. The molecule has 3 rings (SSSR count). The molecule has 0 aromatic carbocycles. The molecule has 6 nitrogen and oxygen atoms in total. The number of carbonyl (C=O) groups is 1. The van der Waals surface area contributed by atoms with E-state index in [0.717, 1.165) is 76.9 Å². The zero-order valence-electron chi connectivity index (χ0n) is 19.0. The van der Waals surface area contributed by atoms with Crippen molar-refractivity contribution < 1.29 is 14.3 Å². The van der Waals surface area contributed by atoms with Crippen molar-refractivity contribution in [3.05, 3.63) is 12.7 Å². The summed E-state index contributed by atoms with van der Waals surface area (Å²) >= 11 is 1.88. The van der Waals surface area contributed by atoms with E-state index in [1.165, 1.54) is 6.08 Å². The fourth-order valence-electron chi connectivity index (χ4n) is 4.02. The molecule has 1 aliphatic carbocycles. The average Bonchev–Trinajstić information content (AvgIpc) is 3.36. The Bertz CT molecular complexity index is 701. The molecule has 1 unspecified atom stereocenters. The first-order valence-corrected chi connectivity index (χ1v) is 13.0. The number of unbranched alkanes of at least 4 members (excludes halogenated alkanes) is 2. The number of nitrogens with one attached hydrogen (secondary N) is 3. The van der Waals surface area contributed by atoms with Crippen LogP contribution in [0.15, 0.2) is 12.7 Å². The number of hydrogen-bond donors (Lipinski definition) is 3. The van der Waals surface area contributed by atoms with Gasteiger partial charge in [-0.05, 0) is 44.9 Å². The van der Waals surface area contributed by atoms with Crippen LogP contribution in [0.1, 0.15) is 44.9 Å². The van der Waals surface area contributed by atoms with Gasteiger partial charge in [0.05, 0.1) is 12.7 Å². The summed E-state index contributed by atoms with van der Waals surface area (Å²) in [6, 6.07) is 0. The second-order valence-corrected chi connectivity index (χ2v) is 9.72. The van der Waals surface area contributed by atoms with E-state index in [1.54, 1.807) is 0 Å². The van der Waals surface area contributed by atoms with E-state index in [-0.39, 0.29) is 17.5 Å². The van der Waals surface area contributed by atoms with Crippen molar-refractivity contribution in [3.8, 4) is 23.7 Å². The lowest BCUT2D eigenvalue weighted by Crippen LogP contribution is -2.51. The molecule has 0 spiro atoms. The van der Waals surface area contributed by atoms with Crippen molar-refractivity contribution in [3.63, 3.8) is 0 Å². The summed E-state index contributed by atoms with van der Waals surface area (Å²) in [5.74, 6) is 15.2. The Kier molecular flexibility index (Phi) is 11.5. The maximum Gasteiger partial charge on any atom is 0.330 e. The van der Waals surface area contributed by atoms with E-state index < -0.39 is 0 Å². The van der Waals surface area contributed by atoms with Gasteiger partial charge in [0, 0.05) is 49.9 Å². The highest BCUT2D eigenvalue weighted by atomic mass is 32.2. The van der Waals surface area contributed by atoms with Crippen LogP contribution in [0.3, 0.4) is 0 Å². The molecule has 0 bridgehead atoms. The highest BCUT2D eigenvalue weighted by molar-refractivity contribution is 8.00. The molecule has 2 aliphatic heterocycles. The molecule has 2 saturated heterocycles. The van der Waals surface area contributed by atoms with Crippen LogP contribution in [0.4, 0.5) is 0 Å². The minimum atomic E-state index is -0.345. The molecule has 176 valence electrons. The van der Waals surface area contributed by atoms with E-state index in [4.69, 9.17) is 9.47 Å². The van der Waals surface area contributed by atoms with Crippen LogP contribution < -0.4 is 16.0 Å². The number of thioether (sulfide) groups is 1. The Balaban J connectivity index is 1.21. The molecular formula is C25H37N3O3S. The summed E-state index contributed by atoms with van der Waals surface area (Å²) in [6.07, 6.45) is 9.00. The predicted octanol–water partition coefficient (Wildman–Crippen LogP) is 2.27. The minimum absolute atomic E-state index is 0.0748. The topological polar surface area (TPSA) is 71.6 Å². The number of rotatable bonds is 8. The third kappa shape index (κ3) is 9.57. The van der Waals surface area contributed by atoms with Crippen molar-refractivity contribution in [1.29, 1.82) is 0 Å². The van der Waals surface area contributed by atoms with Gasteiger partial charge in [0.15, 0.2) is 0 Å². The summed E-state index contributed by atoms with van der Waals surface area (Å²) in [7, 11) is 0. The minimum Gasteiger partial charge on any atom is -0.463 e. The van der Waals surface area contributed by atoms with Crippen LogP contribution in [0, 0.1) is 35.5 Å². The van der Waals surface area contributed by atoms with E-state index >= 15 is 0 Å². The Labute approximate surface area is 197 Å². The first-order valence-electron chi connectivity index (χ1n) is 12.0. The SMILES string of the molecule is C=CC(=O)OCCCCCOC1CCC(C#CC2CNC(C#CC3NCCS3)NC2)CC1. The van der Waals surface area contributed by atoms with Gasteiger partial charge in [-0.1, -0.05) is 30.3 Å². The first-order chi connectivity index (χ1) is 15.7. The highest BCUT2D eigenvalue weighted by Gasteiger charge is 2.21. The summed E-state index contributed by atoms with van der Waals surface area (Å²) in [5.41, 5.74) is 0. The van der Waals surface area contributed by atoms with Gasteiger partial charge in [0.25, 0.3) is 0 Å². The third-order valence-electron chi connectivity index (χ3n) is 5.93. The van der Waals surface area contributed by atoms with E-state index in [1.807, 2.05) is 11.8 Å². The lowest BCUT2D eigenvalue weighted by Gasteiger charge is -2.27. The van der Waals surface area contributed by atoms with Gasteiger partial charge in [-0.3, -0.25) is 16.0 Å². The van der Waals surface area contributed by atoms with E-state index in [2.05, 4.69) is 46.2 Å². The monoisotopic (exact) mass is 459 g/mol. The maximum atomic E-state index is 11.0. The van der Waals surface area contributed by atoms with Gasteiger partial charge >= 0.3 is 5.97 Å². The molecule has 1 saturated carbocycles. The number of esters is 1. The van der Waals surface area contributed by atoms with Crippen molar-refractivity contribution in [1.82, 2.24) is 16.0 Å². The highest BCUT2D eigenvalue weighted by Crippen LogP contribution is 2.26. The first kappa shape index (κ1) is 25.1. The van der Waals surface area contributed by atoms with Crippen molar-refractivity contribution >= 4 is 17.7 Å².